The van der Waals surface area contributed by atoms with Crippen molar-refractivity contribution in [1.82, 2.24) is 10.3 Å². The predicted octanol–water partition coefficient (Wildman–Crippen LogP) is 3.06. The average molecular weight is 340 g/mol. The molecule has 1 fully saturated rings. The normalized spacial score (nSPS) is 18.7. The summed E-state index contributed by atoms with van der Waals surface area (Å²) in [7, 11) is 0. The van der Waals surface area contributed by atoms with Gasteiger partial charge in [-0.1, -0.05) is 17.7 Å². The number of rotatable bonds is 2. The van der Waals surface area contributed by atoms with Gasteiger partial charge in [0.05, 0.1) is 6.04 Å². The van der Waals surface area contributed by atoms with Gasteiger partial charge in [0.2, 0.25) is 5.91 Å². The van der Waals surface area contributed by atoms with Crippen LogP contribution in [-0.4, -0.2) is 35.2 Å². The van der Waals surface area contributed by atoms with Crippen molar-refractivity contribution in [3.8, 4) is 0 Å². The first-order valence-corrected chi connectivity index (χ1v) is 7.96. The molecule has 126 valence electrons. The van der Waals surface area contributed by atoms with E-state index in [0.717, 1.165) is 5.56 Å². The van der Waals surface area contributed by atoms with Crippen molar-refractivity contribution in [1.29, 1.82) is 0 Å². The van der Waals surface area contributed by atoms with E-state index in [-0.39, 0.29) is 11.9 Å². The van der Waals surface area contributed by atoms with Gasteiger partial charge in [-0.05, 0) is 45.7 Å². The summed E-state index contributed by atoms with van der Waals surface area (Å²) in [5, 5.41) is 3.15. The molecule has 6 nitrogen and oxygen atoms in total. The average Bonchev–Trinajstić information content (AvgIpc) is 2.42. The number of aryl methyl sites for hydroxylation is 1. The minimum atomic E-state index is -0.556. The predicted molar refractivity (Wildman–Crippen MR) is 88.7 cm³/mol. The maximum atomic E-state index is 12.2. The van der Waals surface area contributed by atoms with Crippen LogP contribution in [0.2, 0.25) is 5.15 Å². The number of amides is 2. The van der Waals surface area contributed by atoms with E-state index < -0.39 is 11.7 Å². The Labute approximate surface area is 141 Å². The van der Waals surface area contributed by atoms with Crippen LogP contribution < -0.4 is 10.2 Å². The lowest BCUT2D eigenvalue weighted by molar-refractivity contribution is -0.119. The zero-order valence-electron chi connectivity index (χ0n) is 13.9. The third-order valence-electron chi connectivity index (χ3n) is 3.42. The van der Waals surface area contributed by atoms with Gasteiger partial charge in [0.1, 0.15) is 16.6 Å². The van der Waals surface area contributed by atoms with Gasteiger partial charge in [-0.3, -0.25) is 9.69 Å². The Hall–Kier alpha value is -1.82. The van der Waals surface area contributed by atoms with E-state index >= 15 is 0 Å². The molecule has 2 amide bonds. The highest BCUT2D eigenvalue weighted by molar-refractivity contribution is 6.29. The fourth-order valence-corrected chi connectivity index (χ4v) is 2.55. The van der Waals surface area contributed by atoms with Crippen molar-refractivity contribution in [2.45, 2.75) is 52.2 Å². The molecule has 1 aromatic heterocycles. The van der Waals surface area contributed by atoms with Crippen molar-refractivity contribution in [2.24, 2.45) is 0 Å². The molecule has 7 heteroatoms. The summed E-state index contributed by atoms with van der Waals surface area (Å²) in [5.41, 5.74) is 0.306. The van der Waals surface area contributed by atoms with Crippen molar-refractivity contribution < 1.29 is 14.3 Å². The van der Waals surface area contributed by atoms with Crippen molar-refractivity contribution in [3.63, 3.8) is 0 Å². The lowest BCUT2D eigenvalue weighted by atomic mass is 10.0. The van der Waals surface area contributed by atoms with Crippen molar-refractivity contribution >= 4 is 29.4 Å². The largest absolute Gasteiger partial charge is 0.444 e. The fourth-order valence-electron chi connectivity index (χ4n) is 2.41. The number of anilines is 1. The maximum absolute atomic E-state index is 12.2. The lowest BCUT2D eigenvalue weighted by Crippen LogP contribution is -2.51. The zero-order chi connectivity index (χ0) is 17.2. The number of pyridine rings is 1. The molecule has 0 unspecified atom stereocenters. The van der Waals surface area contributed by atoms with Gasteiger partial charge in [0.25, 0.3) is 0 Å². The van der Waals surface area contributed by atoms with Gasteiger partial charge in [-0.2, -0.15) is 0 Å². The van der Waals surface area contributed by atoms with Gasteiger partial charge >= 0.3 is 6.09 Å². The Morgan fingerprint density at radius 2 is 2.13 bits per heavy atom. The van der Waals surface area contributed by atoms with Crippen molar-refractivity contribution in [2.75, 3.05) is 11.4 Å². The van der Waals surface area contributed by atoms with E-state index in [2.05, 4.69) is 10.3 Å². The van der Waals surface area contributed by atoms with Gasteiger partial charge < -0.3 is 10.1 Å². The summed E-state index contributed by atoms with van der Waals surface area (Å²) in [6.07, 6.45) is 0.440. The van der Waals surface area contributed by atoms with Crippen LogP contribution in [0.25, 0.3) is 0 Å². The van der Waals surface area contributed by atoms with Crippen LogP contribution in [0.4, 0.5) is 10.6 Å². The molecule has 2 heterocycles. The number of hydrogen-bond acceptors (Lipinski definition) is 4. The monoisotopic (exact) mass is 339 g/mol. The van der Waals surface area contributed by atoms with Gasteiger partial charge in [0, 0.05) is 13.0 Å². The molecule has 0 aliphatic carbocycles. The second kappa shape index (κ2) is 6.74. The number of aromatic nitrogens is 1. The van der Waals surface area contributed by atoms with Crippen LogP contribution in [-0.2, 0) is 9.53 Å². The summed E-state index contributed by atoms with van der Waals surface area (Å²) >= 11 is 5.94. The van der Waals surface area contributed by atoms with Crippen LogP contribution in [0, 0.1) is 6.92 Å². The number of piperidine rings is 1. The second-order valence-electron chi connectivity index (χ2n) is 6.66. The number of carbonyl (C=O) groups excluding carboxylic acids is 2. The molecule has 0 radical (unpaired) electrons. The highest BCUT2D eigenvalue weighted by Crippen LogP contribution is 2.24. The molecule has 0 bridgehead atoms. The molecule has 0 aromatic carbocycles. The molecule has 1 N–H and O–H groups in total. The SMILES string of the molecule is Cc1ccc(Cl)nc1N1C[C@@H](NC(=O)OC(C)(C)C)CCC1=O. The van der Waals surface area contributed by atoms with Crippen LogP contribution >= 0.6 is 11.6 Å². The number of nitrogens with zero attached hydrogens (tertiary/aromatic N) is 2. The van der Waals surface area contributed by atoms with Crippen LogP contribution in [0.15, 0.2) is 12.1 Å². The molecule has 1 aromatic rings. The maximum Gasteiger partial charge on any atom is 0.407 e. The first-order chi connectivity index (χ1) is 10.7. The summed E-state index contributed by atoms with van der Waals surface area (Å²) in [4.78, 5) is 29.9. The van der Waals surface area contributed by atoms with Gasteiger partial charge in [0.15, 0.2) is 0 Å². The quantitative estimate of drug-likeness (QED) is 0.840. The van der Waals surface area contributed by atoms with Gasteiger partial charge in [-0.25, -0.2) is 9.78 Å². The molecule has 23 heavy (non-hydrogen) atoms. The Balaban J connectivity index is 2.09. The van der Waals surface area contributed by atoms with E-state index in [1.54, 1.807) is 11.0 Å². The molecular weight excluding hydrogens is 318 g/mol. The van der Waals surface area contributed by atoms with Crippen LogP contribution in [0.5, 0.6) is 0 Å². The number of halogens is 1. The lowest BCUT2D eigenvalue weighted by Gasteiger charge is -2.33. The molecular formula is C16H22ClN3O3. The number of hydrogen-bond donors (Lipinski definition) is 1. The summed E-state index contributed by atoms with van der Waals surface area (Å²) < 4.78 is 5.26. The van der Waals surface area contributed by atoms with Crippen molar-refractivity contribution in [3.05, 3.63) is 22.8 Å². The topological polar surface area (TPSA) is 71.5 Å². The molecule has 1 atom stereocenters. The zero-order valence-corrected chi connectivity index (χ0v) is 14.6. The summed E-state index contributed by atoms with van der Waals surface area (Å²) in [5.74, 6) is 0.517. The molecule has 1 saturated heterocycles. The molecule has 0 spiro atoms. The van der Waals surface area contributed by atoms with E-state index in [1.807, 2.05) is 33.8 Å². The number of alkyl carbamates (subject to hydrolysis) is 1. The van der Waals surface area contributed by atoms with Crippen LogP contribution in [0.1, 0.15) is 39.2 Å². The Bertz CT molecular complexity index is 613. The minimum Gasteiger partial charge on any atom is -0.444 e. The first kappa shape index (κ1) is 17.5. The van der Waals surface area contributed by atoms with E-state index in [1.165, 1.54) is 0 Å². The van der Waals surface area contributed by atoms with E-state index in [0.29, 0.717) is 30.4 Å². The smallest absolute Gasteiger partial charge is 0.407 e. The molecule has 2 rings (SSSR count). The third-order valence-corrected chi connectivity index (χ3v) is 3.63. The second-order valence-corrected chi connectivity index (χ2v) is 7.05. The molecule has 1 aliphatic heterocycles. The first-order valence-electron chi connectivity index (χ1n) is 7.59. The summed E-state index contributed by atoms with van der Waals surface area (Å²) in [6, 6.07) is 3.33. The number of nitrogens with one attached hydrogen (secondary N) is 1. The molecule has 0 saturated carbocycles. The number of ether oxygens (including phenoxy) is 1. The summed E-state index contributed by atoms with van der Waals surface area (Å²) in [6.45, 7) is 7.65. The van der Waals surface area contributed by atoms with E-state index in [4.69, 9.17) is 16.3 Å². The van der Waals surface area contributed by atoms with Gasteiger partial charge in [-0.15, -0.1) is 0 Å². The van der Waals surface area contributed by atoms with Crippen LogP contribution in [0.3, 0.4) is 0 Å². The Kier molecular flexibility index (Phi) is 5.14. The Morgan fingerprint density at radius 1 is 1.43 bits per heavy atom. The third kappa shape index (κ3) is 4.82. The fraction of sp³-hybridized carbons (Fsp3) is 0.562. The van der Waals surface area contributed by atoms with E-state index in [9.17, 15) is 9.59 Å². The highest BCUT2D eigenvalue weighted by Gasteiger charge is 2.30. The highest BCUT2D eigenvalue weighted by atomic mass is 35.5. The molecule has 1 aliphatic rings. The standard InChI is InChI=1S/C16H22ClN3O3/c1-10-5-7-12(17)19-14(10)20-9-11(6-8-13(20)21)18-15(22)23-16(2,3)4/h5,7,11H,6,8-9H2,1-4H3,(H,18,22)/t11-/m0/s1. The minimum absolute atomic E-state index is 0.0231. The Morgan fingerprint density at radius 3 is 2.78 bits per heavy atom. The number of carbonyl (C=O) groups is 2.